The van der Waals surface area contributed by atoms with Crippen LogP contribution in [0.2, 0.25) is 12.6 Å². The lowest BCUT2D eigenvalue weighted by molar-refractivity contribution is -0.00496. The predicted octanol–water partition coefficient (Wildman–Crippen LogP) is 6.38. The first kappa shape index (κ1) is 28.5. The largest absolute Gasteiger partial charge is 0.409 e. The lowest BCUT2D eigenvalue weighted by Gasteiger charge is -2.39. The third-order valence-corrected chi connectivity index (χ3v) is 13.5. The smallest absolute Gasteiger partial charge is 0.301 e. The molecular formula is C29H47NO3PSi+. The number of rotatable bonds is 9. The van der Waals surface area contributed by atoms with E-state index in [1.54, 1.807) is 0 Å². The van der Waals surface area contributed by atoms with Crippen LogP contribution in [0.1, 0.15) is 54.4 Å². The molecule has 4 nitrogen and oxygen atoms in total. The molecule has 1 heterocycles. The zero-order valence-electron chi connectivity index (χ0n) is 23.4. The monoisotopic (exact) mass is 516 g/mol. The highest BCUT2D eigenvalue weighted by Gasteiger charge is 2.52. The van der Waals surface area contributed by atoms with E-state index < -0.39 is 16.0 Å². The molecule has 6 heteroatoms. The van der Waals surface area contributed by atoms with Crippen molar-refractivity contribution in [1.29, 1.82) is 0 Å². The number of likely N-dealkylation sites (tertiary alicyclic amines) is 1. The van der Waals surface area contributed by atoms with Crippen molar-refractivity contribution in [3.63, 3.8) is 0 Å². The molecule has 35 heavy (non-hydrogen) atoms. The van der Waals surface area contributed by atoms with Gasteiger partial charge in [0.2, 0.25) is 0 Å². The summed E-state index contributed by atoms with van der Waals surface area (Å²) in [6, 6.07) is 23.5. The summed E-state index contributed by atoms with van der Waals surface area (Å²) >= 11 is 0. The second kappa shape index (κ2) is 11.1. The Morgan fingerprint density at radius 2 is 1.34 bits per heavy atom. The third kappa shape index (κ3) is 7.95. The van der Waals surface area contributed by atoms with E-state index >= 15 is 0 Å². The minimum absolute atomic E-state index is 0.0163. The van der Waals surface area contributed by atoms with Gasteiger partial charge in [0.15, 0.2) is 0 Å². The SMILES string of the molecule is CN1CCC[C@H]1[C@@H](C[Si](C)(c1ccccc1)c1ccccc1)O[P+](C)(OC(C)(C)C)OC(C)(C)C. The first-order valence-corrected chi connectivity index (χ1v) is 17.7. The number of hydrogen-bond acceptors (Lipinski definition) is 4. The van der Waals surface area contributed by atoms with E-state index in [0.717, 1.165) is 19.0 Å². The predicted molar refractivity (Wildman–Crippen MR) is 154 cm³/mol. The van der Waals surface area contributed by atoms with Gasteiger partial charge in [0.25, 0.3) is 0 Å². The van der Waals surface area contributed by atoms with Crippen LogP contribution in [0.25, 0.3) is 0 Å². The molecule has 2 atom stereocenters. The van der Waals surface area contributed by atoms with Crippen molar-refractivity contribution in [2.75, 3.05) is 20.3 Å². The average Bonchev–Trinajstić information content (AvgIpc) is 3.17. The van der Waals surface area contributed by atoms with Crippen LogP contribution in [-0.2, 0) is 13.6 Å². The van der Waals surface area contributed by atoms with Crippen LogP contribution in [0.4, 0.5) is 0 Å². The Labute approximate surface area is 216 Å². The molecule has 1 fully saturated rings. The summed E-state index contributed by atoms with van der Waals surface area (Å²) in [4.78, 5) is 2.48. The Balaban J connectivity index is 2.05. The van der Waals surface area contributed by atoms with Gasteiger partial charge in [0.05, 0.1) is 0 Å². The van der Waals surface area contributed by atoms with Gasteiger partial charge in [-0.2, -0.15) is 13.6 Å². The molecule has 0 unspecified atom stereocenters. The highest BCUT2D eigenvalue weighted by atomic mass is 31.2. The van der Waals surface area contributed by atoms with Gasteiger partial charge in [-0.15, -0.1) is 0 Å². The molecule has 2 aromatic carbocycles. The van der Waals surface area contributed by atoms with Gasteiger partial charge in [0.1, 0.15) is 32.0 Å². The Morgan fingerprint density at radius 3 is 1.71 bits per heavy atom. The van der Waals surface area contributed by atoms with E-state index in [-0.39, 0.29) is 17.3 Å². The van der Waals surface area contributed by atoms with Crippen molar-refractivity contribution in [2.45, 2.75) is 90.3 Å². The van der Waals surface area contributed by atoms with Crippen LogP contribution in [0.5, 0.6) is 0 Å². The number of hydrogen-bond donors (Lipinski definition) is 0. The molecule has 0 N–H and O–H groups in total. The van der Waals surface area contributed by atoms with Crippen molar-refractivity contribution in [1.82, 2.24) is 4.90 Å². The Morgan fingerprint density at radius 1 is 0.886 bits per heavy atom. The molecule has 2 aromatic rings. The second-order valence-corrected chi connectivity index (χ2v) is 18.6. The van der Waals surface area contributed by atoms with Crippen LogP contribution >= 0.6 is 7.94 Å². The maximum atomic E-state index is 7.14. The summed E-state index contributed by atoms with van der Waals surface area (Å²) in [6.07, 6.45) is 2.36. The minimum atomic E-state index is -2.62. The van der Waals surface area contributed by atoms with Crippen LogP contribution < -0.4 is 10.4 Å². The highest BCUT2D eigenvalue weighted by Crippen LogP contribution is 2.65. The first-order valence-electron chi connectivity index (χ1n) is 13.0. The van der Waals surface area contributed by atoms with Crippen molar-refractivity contribution >= 4 is 26.4 Å². The van der Waals surface area contributed by atoms with Gasteiger partial charge >= 0.3 is 7.94 Å². The van der Waals surface area contributed by atoms with Crippen molar-refractivity contribution in [3.8, 4) is 0 Å². The highest BCUT2D eigenvalue weighted by molar-refractivity contribution is 7.60. The fourth-order valence-corrected chi connectivity index (χ4v) is 12.2. The molecule has 3 rings (SSSR count). The van der Waals surface area contributed by atoms with Crippen LogP contribution in [-0.4, -0.2) is 56.6 Å². The Kier molecular flexibility index (Phi) is 9.06. The lowest BCUT2D eigenvalue weighted by Crippen LogP contribution is -2.59. The number of nitrogens with zero attached hydrogens (tertiary/aromatic N) is 1. The van der Waals surface area contributed by atoms with Gasteiger partial charge in [-0.25, -0.2) is 0 Å². The summed E-state index contributed by atoms with van der Waals surface area (Å²) in [5.74, 6) is 0. The topological polar surface area (TPSA) is 30.9 Å². The van der Waals surface area contributed by atoms with E-state index in [1.165, 1.54) is 16.8 Å². The van der Waals surface area contributed by atoms with Crippen LogP contribution in [0.3, 0.4) is 0 Å². The summed E-state index contributed by atoms with van der Waals surface area (Å²) in [5, 5.41) is 2.88. The Hall–Kier alpha value is -1.07. The Bertz CT molecular complexity index is 871. The van der Waals surface area contributed by atoms with Gasteiger partial charge in [-0.1, -0.05) is 77.6 Å². The van der Waals surface area contributed by atoms with Crippen molar-refractivity contribution in [3.05, 3.63) is 60.7 Å². The third-order valence-electron chi connectivity index (χ3n) is 6.64. The minimum Gasteiger partial charge on any atom is -0.301 e. The summed E-state index contributed by atoms with van der Waals surface area (Å²) in [5.41, 5.74) is -0.723. The molecule has 0 radical (unpaired) electrons. The molecule has 1 aliphatic heterocycles. The standard InChI is InChI=1S/C29H47NO3PSi/c1-28(2,3)32-34(8,33-29(4,5)6)31-27(26-21-16-22-30(26)7)23-35(9,24-17-12-10-13-18-24)25-19-14-11-15-20-25/h10-15,17-20,26-27H,16,21-23H2,1-9H3/q+1/t26-,27+/m0/s1. The van der Waals surface area contributed by atoms with Crippen molar-refractivity contribution in [2.24, 2.45) is 0 Å². The van der Waals surface area contributed by atoms with E-state index in [0.29, 0.717) is 6.04 Å². The van der Waals surface area contributed by atoms with E-state index in [9.17, 15) is 0 Å². The molecule has 194 valence electrons. The normalized spacial score (nSPS) is 19.2. The summed E-state index contributed by atoms with van der Waals surface area (Å²) in [6.45, 7) is 18.2. The summed E-state index contributed by atoms with van der Waals surface area (Å²) < 4.78 is 20.4. The van der Waals surface area contributed by atoms with Gasteiger partial charge in [0, 0.05) is 6.04 Å². The van der Waals surface area contributed by atoms with E-state index in [1.807, 2.05) is 0 Å². The zero-order chi connectivity index (χ0) is 25.9. The van der Waals surface area contributed by atoms with Gasteiger partial charge in [-0.05, 0) is 74.0 Å². The molecule has 1 saturated heterocycles. The van der Waals surface area contributed by atoms with Crippen LogP contribution in [0, 0.1) is 0 Å². The lowest BCUT2D eigenvalue weighted by atomic mass is 10.1. The van der Waals surface area contributed by atoms with E-state index in [4.69, 9.17) is 13.6 Å². The molecule has 0 bridgehead atoms. The maximum Gasteiger partial charge on any atom is 0.409 e. The maximum absolute atomic E-state index is 7.14. The first-order chi connectivity index (χ1) is 16.2. The van der Waals surface area contributed by atoms with Gasteiger partial charge in [-0.3, -0.25) is 0 Å². The quantitative estimate of drug-likeness (QED) is 0.286. The second-order valence-electron chi connectivity index (χ2n) is 12.3. The molecule has 0 spiro atoms. The molecule has 0 aromatic heterocycles. The van der Waals surface area contributed by atoms with Gasteiger partial charge < -0.3 is 4.90 Å². The molecule has 0 aliphatic carbocycles. The number of benzene rings is 2. The molecule has 0 amide bonds. The molecule has 0 saturated carbocycles. The molecule has 1 aliphatic rings. The average molecular weight is 517 g/mol. The van der Waals surface area contributed by atoms with Crippen molar-refractivity contribution < 1.29 is 13.6 Å². The van der Waals surface area contributed by atoms with Crippen LogP contribution in [0.15, 0.2) is 60.7 Å². The fraction of sp³-hybridized carbons (Fsp3) is 0.586. The summed E-state index contributed by atoms with van der Waals surface area (Å²) in [7, 11) is -2.51. The number of likely N-dealkylation sites (N-methyl/N-ethyl adjacent to an activating group) is 1. The molecular weight excluding hydrogens is 469 g/mol. The fourth-order valence-electron chi connectivity index (χ4n) is 5.37. The zero-order valence-corrected chi connectivity index (χ0v) is 25.3. The van der Waals surface area contributed by atoms with E-state index in [2.05, 4.69) is 127 Å².